The zero-order chi connectivity index (χ0) is 12.6. The summed E-state index contributed by atoms with van der Waals surface area (Å²) < 4.78 is 7.40. The Morgan fingerprint density at radius 3 is 2.82 bits per heavy atom. The Hall–Kier alpha value is -1.62. The first kappa shape index (κ1) is 11.9. The van der Waals surface area contributed by atoms with Gasteiger partial charge in [-0.15, -0.1) is 0 Å². The molecule has 0 fully saturated rings. The molecule has 0 unspecified atom stereocenters. The van der Waals surface area contributed by atoms with E-state index >= 15 is 0 Å². The number of rotatable bonds is 2. The molecular formula is C12H14N2O2S. The molecule has 0 aliphatic carbocycles. The molecule has 1 heterocycles. The van der Waals surface area contributed by atoms with Gasteiger partial charge in [0, 0.05) is 0 Å². The number of carbonyl (C=O) groups is 1. The van der Waals surface area contributed by atoms with E-state index in [4.69, 9.17) is 5.41 Å². The largest absolute Gasteiger partial charge is 0.468 e. The van der Waals surface area contributed by atoms with Gasteiger partial charge in [0.2, 0.25) is 0 Å². The van der Waals surface area contributed by atoms with Gasteiger partial charge in [0.25, 0.3) is 0 Å². The summed E-state index contributed by atoms with van der Waals surface area (Å²) in [6.45, 7) is 4.13. The second-order valence-corrected chi connectivity index (χ2v) is 5.00. The second kappa shape index (κ2) is 4.33. The molecule has 1 N–H and O–H groups in total. The van der Waals surface area contributed by atoms with Crippen LogP contribution in [-0.4, -0.2) is 17.6 Å². The molecule has 0 atom stereocenters. The molecule has 0 radical (unpaired) electrons. The molecule has 17 heavy (non-hydrogen) atoms. The number of hydrogen-bond donors (Lipinski definition) is 1. The number of benzene rings is 1. The van der Waals surface area contributed by atoms with Gasteiger partial charge in [-0.3, -0.25) is 10.2 Å². The number of fused-ring (bicyclic) bond motifs is 1. The lowest BCUT2D eigenvalue weighted by Crippen LogP contribution is -2.20. The van der Waals surface area contributed by atoms with Gasteiger partial charge in [0.1, 0.15) is 6.54 Å². The summed E-state index contributed by atoms with van der Waals surface area (Å²) in [4.78, 5) is 11.7. The van der Waals surface area contributed by atoms with Crippen molar-refractivity contribution in [3.05, 3.63) is 28.1 Å². The highest BCUT2D eigenvalue weighted by atomic mass is 32.1. The molecule has 2 rings (SSSR count). The van der Waals surface area contributed by atoms with E-state index in [2.05, 4.69) is 10.8 Å². The van der Waals surface area contributed by atoms with E-state index in [9.17, 15) is 4.79 Å². The van der Waals surface area contributed by atoms with Gasteiger partial charge >= 0.3 is 5.97 Å². The summed E-state index contributed by atoms with van der Waals surface area (Å²) in [6.07, 6.45) is 0. The highest BCUT2D eigenvalue weighted by Crippen LogP contribution is 2.23. The predicted octanol–water partition coefficient (Wildman–Crippen LogP) is 1.97. The number of aromatic nitrogens is 1. The zero-order valence-electron chi connectivity index (χ0n) is 10.0. The van der Waals surface area contributed by atoms with Gasteiger partial charge < -0.3 is 9.30 Å². The summed E-state index contributed by atoms with van der Waals surface area (Å²) in [5.74, 6) is -0.331. The van der Waals surface area contributed by atoms with Crippen LogP contribution in [0.5, 0.6) is 0 Å². The van der Waals surface area contributed by atoms with E-state index < -0.39 is 0 Å². The fraction of sp³-hybridized carbons (Fsp3) is 0.333. The average Bonchev–Trinajstić information content (AvgIpc) is 2.57. The maximum absolute atomic E-state index is 11.3. The topological polar surface area (TPSA) is 55.1 Å². The second-order valence-electron chi connectivity index (χ2n) is 4.00. The fourth-order valence-corrected chi connectivity index (χ4v) is 2.84. The molecule has 4 nitrogen and oxygen atoms in total. The Bertz CT molecular complexity index is 640. The van der Waals surface area contributed by atoms with Crippen LogP contribution < -0.4 is 4.80 Å². The molecule has 0 saturated heterocycles. The van der Waals surface area contributed by atoms with Crippen LogP contribution in [0.1, 0.15) is 11.1 Å². The Morgan fingerprint density at radius 1 is 1.47 bits per heavy atom. The summed E-state index contributed by atoms with van der Waals surface area (Å²) in [5, 5.41) is 7.91. The minimum Gasteiger partial charge on any atom is -0.468 e. The number of esters is 1. The third-order valence-corrected chi connectivity index (χ3v) is 3.80. The van der Waals surface area contributed by atoms with E-state index in [0.29, 0.717) is 4.80 Å². The Morgan fingerprint density at radius 2 is 2.18 bits per heavy atom. The molecular weight excluding hydrogens is 236 g/mol. The quantitative estimate of drug-likeness (QED) is 0.828. The molecule has 1 aromatic carbocycles. The number of aryl methyl sites for hydroxylation is 2. The Labute approximate surface area is 103 Å². The standard InChI is InChI=1S/C12H14N2O2S/c1-7-4-8(2)11-9(5-7)14(12(13)17-11)6-10(15)16-3/h4-5,13H,6H2,1-3H3. The summed E-state index contributed by atoms with van der Waals surface area (Å²) in [7, 11) is 1.36. The lowest BCUT2D eigenvalue weighted by molar-refractivity contribution is -0.141. The third kappa shape index (κ3) is 2.10. The van der Waals surface area contributed by atoms with Crippen LogP contribution in [0, 0.1) is 19.3 Å². The monoisotopic (exact) mass is 250 g/mol. The molecule has 0 amide bonds. The van der Waals surface area contributed by atoms with Gasteiger partial charge in [-0.1, -0.05) is 17.4 Å². The highest BCUT2D eigenvalue weighted by molar-refractivity contribution is 7.16. The van der Waals surface area contributed by atoms with Crippen LogP contribution in [0.3, 0.4) is 0 Å². The maximum Gasteiger partial charge on any atom is 0.325 e. The van der Waals surface area contributed by atoms with Gasteiger partial charge in [0.05, 0.1) is 17.3 Å². The van der Waals surface area contributed by atoms with E-state index in [1.165, 1.54) is 18.4 Å². The predicted molar refractivity (Wildman–Crippen MR) is 67.2 cm³/mol. The van der Waals surface area contributed by atoms with Gasteiger partial charge in [-0.2, -0.15) is 0 Å². The van der Waals surface area contributed by atoms with Crippen molar-refractivity contribution in [3.63, 3.8) is 0 Å². The van der Waals surface area contributed by atoms with Gasteiger partial charge in [-0.05, 0) is 31.0 Å². The molecule has 0 bridgehead atoms. The van der Waals surface area contributed by atoms with E-state index in [-0.39, 0.29) is 12.5 Å². The van der Waals surface area contributed by atoms with Crippen molar-refractivity contribution in [2.24, 2.45) is 0 Å². The van der Waals surface area contributed by atoms with Crippen molar-refractivity contribution in [1.29, 1.82) is 5.41 Å². The molecule has 0 aliphatic rings. The number of ether oxygens (including phenoxy) is 1. The summed E-state index contributed by atoms with van der Waals surface area (Å²) in [6, 6.07) is 4.08. The molecule has 90 valence electrons. The van der Waals surface area contributed by atoms with Crippen molar-refractivity contribution in [2.75, 3.05) is 7.11 Å². The first-order chi connectivity index (χ1) is 8.02. The number of thiazole rings is 1. The molecule has 2 aromatic rings. The van der Waals surface area contributed by atoms with Crippen LogP contribution in [0.4, 0.5) is 0 Å². The van der Waals surface area contributed by atoms with Gasteiger partial charge in [0.15, 0.2) is 4.80 Å². The zero-order valence-corrected chi connectivity index (χ0v) is 10.9. The van der Waals surface area contributed by atoms with Crippen molar-refractivity contribution < 1.29 is 9.53 Å². The number of hydrogen-bond acceptors (Lipinski definition) is 4. The lowest BCUT2D eigenvalue weighted by atomic mass is 10.1. The Kier molecular flexibility index (Phi) is 3.02. The van der Waals surface area contributed by atoms with E-state index in [0.717, 1.165) is 21.3 Å². The smallest absolute Gasteiger partial charge is 0.325 e. The average molecular weight is 250 g/mol. The minimum absolute atomic E-state index is 0.0955. The number of nitrogens with zero attached hydrogens (tertiary/aromatic N) is 1. The molecule has 0 saturated carbocycles. The highest BCUT2D eigenvalue weighted by Gasteiger charge is 2.11. The SMILES string of the molecule is COC(=O)Cn1c(=N)sc2c(C)cc(C)cc21. The van der Waals surface area contributed by atoms with Crippen molar-refractivity contribution in [3.8, 4) is 0 Å². The maximum atomic E-state index is 11.3. The molecule has 0 aliphatic heterocycles. The van der Waals surface area contributed by atoms with Crippen molar-refractivity contribution in [2.45, 2.75) is 20.4 Å². The van der Waals surface area contributed by atoms with E-state index in [1.54, 1.807) is 4.57 Å². The first-order valence-corrected chi connectivity index (χ1v) is 6.06. The van der Waals surface area contributed by atoms with Crippen molar-refractivity contribution >= 4 is 27.5 Å². The van der Waals surface area contributed by atoms with Crippen LogP contribution in [0.15, 0.2) is 12.1 Å². The lowest BCUT2D eigenvalue weighted by Gasteiger charge is -2.04. The number of carbonyl (C=O) groups excluding carboxylic acids is 1. The van der Waals surface area contributed by atoms with Crippen LogP contribution in [-0.2, 0) is 16.1 Å². The van der Waals surface area contributed by atoms with Crippen LogP contribution in [0.2, 0.25) is 0 Å². The van der Waals surface area contributed by atoms with Gasteiger partial charge in [-0.25, -0.2) is 0 Å². The third-order valence-electron chi connectivity index (χ3n) is 2.65. The minimum atomic E-state index is -0.331. The first-order valence-electron chi connectivity index (χ1n) is 5.25. The van der Waals surface area contributed by atoms with Crippen LogP contribution in [0.25, 0.3) is 10.2 Å². The Balaban J connectivity index is 2.66. The molecule has 0 spiro atoms. The number of methoxy groups -OCH3 is 1. The van der Waals surface area contributed by atoms with Crippen molar-refractivity contribution in [1.82, 2.24) is 4.57 Å². The normalized spacial score (nSPS) is 10.8. The number of nitrogens with one attached hydrogen (secondary N) is 1. The fourth-order valence-electron chi connectivity index (χ4n) is 1.88. The summed E-state index contributed by atoms with van der Waals surface area (Å²) in [5.41, 5.74) is 3.21. The molecule has 5 heteroatoms. The van der Waals surface area contributed by atoms with Crippen LogP contribution >= 0.6 is 11.3 Å². The van der Waals surface area contributed by atoms with E-state index in [1.807, 2.05) is 19.9 Å². The summed E-state index contributed by atoms with van der Waals surface area (Å²) >= 11 is 1.39. The molecule has 1 aromatic heterocycles.